The Morgan fingerprint density at radius 3 is 2.17 bits per heavy atom. The zero-order valence-electron chi connectivity index (χ0n) is 19.8. The molecule has 0 saturated carbocycles. The summed E-state index contributed by atoms with van der Waals surface area (Å²) in [5, 5.41) is 13.9. The Morgan fingerprint density at radius 2 is 1.54 bits per heavy atom. The van der Waals surface area contributed by atoms with Crippen molar-refractivity contribution in [3.8, 4) is 0 Å². The highest BCUT2D eigenvalue weighted by atomic mass is 16.4. The molecule has 2 saturated heterocycles. The smallest absolute Gasteiger partial charge is 0.325 e. The van der Waals surface area contributed by atoms with Crippen LogP contribution < -0.4 is 5.32 Å². The predicted molar refractivity (Wildman–Crippen MR) is 131 cm³/mol. The van der Waals surface area contributed by atoms with Gasteiger partial charge >= 0.3 is 5.97 Å². The number of rotatable bonds is 6. The summed E-state index contributed by atoms with van der Waals surface area (Å²) in [5.74, 6) is -3.68. The third-order valence-electron chi connectivity index (χ3n) is 7.41. The number of aryl methyl sites for hydroxylation is 2. The minimum Gasteiger partial charge on any atom is -0.480 e. The van der Waals surface area contributed by atoms with E-state index in [0.29, 0.717) is 0 Å². The average molecular weight is 469 g/mol. The quantitative estimate of drug-likeness (QED) is 0.537. The number of carbonyl (C=O) groups excluding carboxylic acids is 2. The van der Waals surface area contributed by atoms with Crippen LogP contribution in [0.1, 0.15) is 33.9 Å². The second-order valence-electron chi connectivity index (χ2n) is 9.67. The summed E-state index contributed by atoms with van der Waals surface area (Å²) in [4.78, 5) is 41.9. The average Bonchev–Trinajstić information content (AvgIpc) is 3.32. The van der Waals surface area contributed by atoms with Crippen LogP contribution in [0.5, 0.6) is 0 Å². The molecule has 0 bridgehead atoms. The molecule has 0 spiro atoms. The van der Waals surface area contributed by atoms with Crippen LogP contribution >= 0.6 is 0 Å². The maximum Gasteiger partial charge on any atom is 0.325 e. The van der Waals surface area contributed by atoms with E-state index >= 15 is 0 Å². The predicted octanol–water partition coefficient (Wildman–Crippen LogP) is 3.82. The number of fused-ring (bicyclic) bond motifs is 1. The number of nitrogens with one attached hydrogen (secondary N) is 1. The molecule has 2 amide bonds. The number of likely N-dealkylation sites (tertiary alicyclic amines) is 1. The summed E-state index contributed by atoms with van der Waals surface area (Å²) in [6.45, 7) is 4.05. The van der Waals surface area contributed by atoms with Crippen molar-refractivity contribution in [1.29, 1.82) is 0 Å². The zero-order chi connectivity index (χ0) is 24.7. The summed E-state index contributed by atoms with van der Waals surface area (Å²) < 4.78 is 0. The van der Waals surface area contributed by atoms with Gasteiger partial charge in [0.05, 0.1) is 18.4 Å². The fraction of sp³-hybridized carbons (Fsp3) is 0.276. The highest BCUT2D eigenvalue weighted by Gasteiger charge is 2.68. The number of nitrogens with zero attached hydrogens (tertiary/aromatic N) is 1. The van der Waals surface area contributed by atoms with Crippen LogP contribution in [-0.4, -0.2) is 33.3 Å². The van der Waals surface area contributed by atoms with E-state index in [1.54, 1.807) is 0 Å². The third kappa shape index (κ3) is 3.84. The van der Waals surface area contributed by atoms with Crippen molar-refractivity contribution >= 4 is 17.8 Å². The largest absolute Gasteiger partial charge is 0.480 e. The molecule has 2 fully saturated rings. The first kappa shape index (κ1) is 23.0. The summed E-state index contributed by atoms with van der Waals surface area (Å²) in [7, 11) is 0. The highest BCUT2D eigenvalue weighted by molar-refractivity contribution is 6.09. The fourth-order valence-corrected chi connectivity index (χ4v) is 5.70. The number of imide groups is 1. The van der Waals surface area contributed by atoms with Crippen LogP contribution in [0.25, 0.3) is 0 Å². The zero-order valence-corrected chi connectivity index (χ0v) is 19.8. The van der Waals surface area contributed by atoms with Gasteiger partial charge in [-0.2, -0.15) is 0 Å². The SMILES string of the molecule is Cc1ccc(C)c(C2NC(Cc3ccccc3)(C(=O)O)C3C(=O)N(Cc4ccccc4)C(=O)C23)c1. The molecule has 2 aliphatic rings. The second-order valence-corrected chi connectivity index (χ2v) is 9.67. The van der Waals surface area contributed by atoms with Crippen molar-refractivity contribution in [3.63, 3.8) is 0 Å². The Bertz CT molecular complexity index is 1290. The van der Waals surface area contributed by atoms with Gasteiger partial charge in [-0.15, -0.1) is 0 Å². The monoisotopic (exact) mass is 468 g/mol. The van der Waals surface area contributed by atoms with E-state index in [0.717, 1.165) is 27.8 Å². The van der Waals surface area contributed by atoms with Gasteiger partial charge in [0.1, 0.15) is 5.54 Å². The molecule has 2 N–H and O–H groups in total. The van der Waals surface area contributed by atoms with Crippen LogP contribution in [0.3, 0.4) is 0 Å². The first-order valence-corrected chi connectivity index (χ1v) is 11.8. The molecule has 35 heavy (non-hydrogen) atoms. The molecular weight excluding hydrogens is 440 g/mol. The lowest BCUT2D eigenvalue weighted by molar-refractivity contribution is -0.151. The normalized spacial score (nSPS) is 25.7. The van der Waals surface area contributed by atoms with Gasteiger partial charge in [-0.1, -0.05) is 84.4 Å². The van der Waals surface area contributed by atoms with Gasteiger partial charge in [0.2, 0.25) is 11.8 Å². The molecule has 6 heteroatoms. The molecule has 0 aliphatic carbocycles. The molecular formula is C29H28N2O4. The van der Waals surface area contributed by atoms with Gasteiger partial charge in [0, 0.05) is 12.5 Å². The van der Waals surface area contributed by atoms with Crippen LogP contribution in [0.15, 0.2) is 78.9 Å². The van der Waals surface area contributed by atoms with Gasteiger partial charge in [-0.3, -0.25) is 24.6 Å². The van der Waals surface area contributed by atoms with E-state index in [1.807, 2.05) is 92.7 Å². The number of aliphatic carboxylic acids is 1. The number of benzene rings is 3. The van der Waals surface area contributed by atoms with Crippen LogP contribution in [0.2, 0.25) is 0 Å². The molecule has 4 atom stereocenters. The standard InChI is InChI=1S/C29H28N2O4/c1-18-13-14-19(2)22(15-18)25-23-24(27(33)31(26(23)32)17-21-11-7-4-8-12-21)29(30-25,28(34)35)16-20-9-5-3-6-10-20/h3-15,23-25,30H,16-17H2,1-2H3,(H,34,35). The van der Waals surface area contributed by atoms with Crippen molar-refractivity contribution in [2.45, 2.75) is 38.4 Å². The number of hydrogen-bond acceptors (Lipinski definition) is 4. The molecule has 4 unspecified atom stereocenters. The Kier molecular flexibility index (Phi) is 5.77. The van der Waals surface area contributed by atoms with Gasteiger partial charge in [0.25, 0.3) is 0 Å². The van der Waals surface area contributed by atoms with E-state index < -0.39 is 35.3 Å². The minimum absolute atomic E-state index is 0.101. The van der Waals surface area contributed by atoms with E-state index in [-0.39, 0.29) is 18.9 Å². The molecule has 0 radical (unpaired) electrons. The van der Waals surface area contributed by atoms with Crippen molar-refractivity contribution in [2.75, 3.05) is 0 Å². The van der Waals surface area contributed by atoms with Gasteiger partial charge in [-0.25, -0.2) is 0 Å². The first-order valence-electron chi connectivity index (χ1n) is 11.8. The third-order valence-corrected chi connectivity index (χ3v) is 7.41. The topological polar surface area (TPSA) is 86.7 Å². The number of carboxylic acids is 1. The molecule has 6 nitrogen and oxygen atoms in total. The maximum absolute atomic E-state index is 13.8. The number of hydrogen-bond donors (Lipinski definition) is 2. The Balaban J connectivity index is 1.63. The van der Waals surface area contributed by atoms with Crippen LogP contribution in [0.4, 0.5) is 0 Å². The molecule has 178 valence electrons. The molecule has 0 aromatic heterocycles. The van der Waals surface area contributed by atoms with E-state index in [9.17, 15) is 19.5 Å². The Morgan fingerprint density at radius 1 is 0.914 bits per heavy atom. The molecule has 5 rings (SSSR count). The Labute approximate surface area is 204 Å². The molecule has 2 heterocycles. The van der Waals surface area contributed by atoms with Crippen LogP contribution in [0, 0.1) is 25.7 Å². The highest BCUT2D eigenvalue weighted by Crippen LogP contribution is 2.50. The van der Waals surface area contributed by atoms with Gasteiger partial charge in [-0.05, 0) is 36.1 Å². The number of carbonyl (C=O) groups is 3. The van der Waals surface area contributed by atoms with Crippen molar-refractivity contribution < 1.29 is 19.5 Å². The lowest BCUT2D eigenvalue weighted by Crippen LogP contribution is -2.57. The van der Waals surface area contributed by atoms with Crippen molar-refractivity contribution in [3.05, 3.63) is 107 Å². The molecule has 2 aliphatic heterocycles. The van der Waals surface area contributed by atoms with Gasteiger partial charge < -0.3 is 5.11 Å². The maximum atomic E-state index is 13.8. The number of carboxylic acid groups (broad SMARTS) is 1. The first-order chi connectivity index (χ1) is 16.8. The van der Waals surface area contributed by atoms with E-state index in [2.05, 4.69) is 5.32 Å². The summed E-state index contributed by atoms with van der Waals surface area (Å²) >= 11 is 0. The Hall–Kier alpha value is -3.77. The summed E-state index contributed by atoms with van der Waals surface area (Å²) in [5.41, 5.74) is 2.84. The molecule has 3 aromatic carbocycles. The van der Waals surface area contributed by atoms with Crippen LogP contribution in [-0.2, 0) is 27.3 Å². The minimum atomic E-state index is -1.61. The van der Waals surface area contributed by atoms with Crippen molar-refractivity contribution in [2.24, 2.45) is 11.8 Å². The van der Waals surface area contributed by atoms with E-state index in [4.69, 9.17) is 0 Å². The summed E-state index contributed by atoms with van der Waals surface area (Å²) in [6, 6.07) is 24.0. The molecule has 3 aromatic rings. The second kappa shape index (κ2) is 8.78. The lowest BCUT2D eigenvalue weighted by Gasteiger charge is -2.31. The van der Waals surface area contributed by atoms with E-state index in [1.165, 1.54) is 4.90 Å². The number of amides is 2. The van der Waals surface area contributed by atoms with Gasteiger partial charge in [0.15, 0.2) is 0 Å². The van der Waals surface area contributed by atoms with Crippen molar-refractivity contribution in [1.82, 2.24) is 10.2 Å². The fourth-order valence-electron chi connectivity index (χ4n) is 5.70. The summed E-state index contributed by atoms with van der Waals surface area (Å²) in [6.07, 6.45) is 0.101. The lowest BCUT2D eigenvalue weighted by atomic mass is 9.76.